The van der Waals surface area contributed by atoms with Crippen molar-refractivity contribution in [3.05, 3.63) is 36.2 Å². The summed E-state index contributed by atoms with van der Waals surface area (Å²) in [6.45, 7) is 0.506. The lowest BCUT2D eigenvalue weighted by Crippen LogP contribution is -1.97. The summed E-state index contributed by atoms with van der Waals surface area (Å²) in [7, 11) is 0. The van der Waals surface area contributed by atoms with Crippen molar-refractivity contribution in [2.24, 2.45) is 0 Å². The van der Waals surface area contributed by atoms with Crippen molar-refractivity contribution < 1.29 is 9.52 Å². The van der Waals surface area contributed by atoms with Gasteiger partial charge in [-0.1, -0.05) is 0 Å². The van der Waals surface area contributed by atoms with E-state index in [1.165, 1.54) is 0 Å². The highest BCUT2D eigenvalue weighted by Gasteiger charge is 2.00. The van der Waals surface area contributed by atoms with Crippen LogP contribution in [0, 0.1) is 0 Å². The monoisotopic (exact) mass is 193 g/mol. The molecule has 0 radical (unpaired) electrons. The Balaban J connectivity index is 1.92. The molecule has 0 bridgehead atoms. The van der Waals surface area contributed by atoms with Gasteiger partial charge in [-0.05, 0) is 12.1 Å². The lowest BCUT2D eigenvalue weighted by atomic mass is 10.4. The van der Waals surface area contributed by atoms with E-state index in [2.05, 4.69) is 15.3 Å². The SMILES string of the molecule is OCc1ccc(CNc2cnc[nH]2)o1. The average molecular weight is 193 g/mol. The molecule has 14 heavy (non-hydrogen) atoms. The molecular formula is C9H11N3O2. The Morgan fingerprint density at radius 1 is 1.43 bits per heavy atom. The van der Waals surface area contributed by atoms with Gasteiger partial charge in [0.25, 0.3) is 0 Å². The van der Waals surface area contributed by atoms with Gasteiger partial charge < -0.3 is 19.8 Å². The molecule has 0 saturated heterocycles. The van der Waals surface area contributed by atoms with E-state index < -0.39 is 0 Å². The quantitative estimate of drug-likeness (QED) is 0.680. The van der Waals surface area contributed by atoms with Crippen LogP contribution in [0.1, 0.15) is 11.5 Å². The van der Waals surface area contributed by atoms with Crippen LogP contribution in [0.5, 0.6) is 0 Å². The van der Waals surface area contributed by atoms with Gasteiger partial charge >= 0.3 is 0 Å². The summed E-state index contributed by atoms with van der Waals surface area (Å²) < 4.78 is 5.28. The predicted octanol–water partition coefficient (Wildman–Crippen LogP) is 1.11. The molecule has 2 aromatic rings. The number of H-pyrrole nitrogens is 1. The zero-order chi connectivity index (χ0) is 9.80. The number of hydrogen-bond acceptors (Lipinski definition) is 4. The summed E-state index contributed by atoms with van der Waals surface area (Å²) >= 11 is 0. The van der Waals surface area contributed by atoms with Crippen LogP contribution in [0.15, 0.2) is 29.1 Å². The molecule has 0 saturated carbocycles. The van der Waals surface area contributed by atoms with Crippen LogP contribution in [0.3, 0.4) is 0 Å². The number of nitrogens with zero attached hydrogens (tertiary/aromatic N) is 1. The lowest BCUT2D eigenvalue weighted by molar-refractivity contribution is 0.244. The largest absolute Gasteiger partial charge is 0.462 e. The maximum atomic E-state index is 8.77. The van der Waals surface area contributed by atoms with Crippen LogP contribution in [0.2, 0.25) is 0 Å². The summed E-state index contributed by atoms with van der Waals surface area (Å²) in [6, 6.07) is 3.58. The van der Waals surface area contributed by atoms with Crippen molar-refractivity contribution >= 4 is 5.82 Å². The summed E-state index contributed by atoms with van der Waals surface area (Å²) in [4.78, 5) is 6.78. The van der Waals surface area contributed by atoms with E-state index in [1.54, 1.807) is 18.6 Å². The van der Waals surface area contributed by atoms with E-state index in [4.69, 9.17) is 9.52 Å². The Labute approximate surface area is 80.8 Å². The van der Waals surface area contributed by atoms with Crippen molar-refractivity contribution in [2.75, 3.05) is 5.32 Å². The minimum Gasteiger partial charge on any atom is -0.462 e. The van der Waals surface area contributed by atoms with Crippen molar-refractivity contribution in [3.8, 4) is 0 Å². The second kappa shape index (κ2) is 3.97. The van der Waals surface area contributed by atoms with E-state index in [-0.39, 0.29) is 6.61 Å². The van der Waals surface area contributed by atoms with Gasteiger partial charge in [0.15, 0.2) is 0 Å². The normalized spacial score (nSPS) is 10.4. The van der Waals surface area contributed by atoms with Crippen LogP contribution in [-0.4, -0.2) is 15.1 Å². The molecule has 0 aliphatic rings. The molecule has 2 heterocycles. The third kappa shape index (κ3) is 1.94. The Morgan fingerprint density at radius 3 is 2.93 bits per heavy atom. The molecule has 0 fully saturated rings. The second-order valence-electron chi connectivity index (χ2n) is 2.84. The molecule has 0 unspecified atom stereocenters. The zero-order valence-electron chi connectivity index (χ0n) is 7.53. The average Bonchev–Trinajstić information content (AvgIpc) is 2.86. The molecule has 0 aliphatic heterocycles. The molecule has 5 nitrogen and oxygen atoms in total. The van der Waals surface area contributed by atoms with Crippen molar-refractivity contribution in [3.63, 3.8) is 0 Å². The molecule has 2 aromatic heterocycles. The molecule has 5 heteroatoms. The summed E-state index contributed by atoms with van der Waals surface area (Å²) in [6.07, 6.45) is 3.29. The minimum absolute atomic E-state index is 0.0654. The summed E-state index contributed by atoms with van der Waals surface area (Å²) in [5.41, 5.74) is 0. The van der Waals surface area contributed by atoms with Crippen LogP contribution in [0.4, 0.5) is 5.82 Å². The molecule has 0 aliphatic carbocycles. The topological polar surface area (TPSA) is 74.1 Å². The third-order valence-corrected chi connectivity index (χ3v) is 1.82. The number of aromatic amines is 1. The number of rotatable bonds is 4. The summed E-state index contributed by atoms with van der Waals surface area (Å²) in [5.74, 6) is 2.20. The van der Waals surface area contributed by atoms with Gasteiger partial charge in [0.2, 0.25) is 0 Å². The molecular weight excluding hydrogens is 182 g/mol. The Kier molecular flexibility index (Phi) is 2.51. The Bertz CT molecular complexity index is 380. The number of aliphatic hydroxyl groups excluding tert-OH is 1. The highest BCUT2D eigenvalue weighted by Crippen LogP contribution is 2.09. The number of hydrogen-bond donors (Lipinski definition) is 3. The minimum atomic E-state index is -0.0654. The van der Waals surface area contributed by atoms with Gasteiger partial charge in [-0.3, -0.25) is 0 Å². The smallest absolute Gasteiger partial charge is 0.129 e. The number of imidazole rings is 1. The van der Waals surface area contributed by atoms with Gasteiger partial charge in [0.05, 0.1) is 19.1 Å². The van der Waals surface area contributed by atoms with Gasteiger partial charge in [-0.25, -0.2) is 4.98 Å². The number of aromatic nitrogens is 2. The second-order valence-corrected chi connectivity index (χ2v) is 2.84. The Hall–Kier alpha value is -1.75. The highest BCUT2D eigenvalue weighted by molar-refractivity contribution is 5.30. The van der Waals surface area contributed by atoms with Crippen molar-refractivity contribution in [1.82, 2.24) is 9.97 Å². The number of furan rings is 1. The van der Waals surface area contributed by atoms with Crippen LogP contribution < -0.4 is 5.32 Å². The van der Waals surface area contributed by atoms with E-state index in [0.717, 1.165) is 11.6 Å². The Morgan fingerprint density at radius 2 is 2.29 bits per heavy atom. The molecule has 0 spiro atoms. The number of aliphatic hydroxyl groups is 1. The van der Waals surface area contributed by atoms with Gasteiger partial charge in [0.1, 0.15) is 23.9 Å². The van der Waals surface area contributed by atoms with Crippen LogP contribution in [0.25, 0.3) is 0 Å². The fourth-order valence-electron chi connectivity index (χ4n) is 1.14. The lowest BCUT2D eigenvalue weighted by Gasteiger charge is -1.99. The third-order valence-electron chi connectivity index (χ3n) is 1.82. The van der Waals surface area contributed by atoms with E-state index in [1.807, 2.05) is 6.07 Å². The van der Waals surface area contributed by atoms with E-state index in [9.17, 15) is 0 Å². The van der Waals surface area contributed by atoms with Crippen molar-refractivity contribution in [1.29, 1.82) is 0 Å². The van der Waals surface area contributed by atoms with Gasteiger partial charge in [-0.15, -0.1) is 0 Å². The van der Waals surface area contributed by atoms with Gasteiger partial charge in [-0.2, -0.15) is 0 Å². The summed E-state index contributed by atoms with van der Waals surface area (Å²) in [5, 5.41) is 11.9. The molecule has 0 amide bonds. The number of nitrogens with one attached hydrogen (secondary N) is 2. The van der Waals surface area contributed by atoms with Gasteiger partial charge in [0, 0.05) is 0 Å². The standard InChI is InChI=1S/C9H11N3O2/c13-5-8-2-1-7(14-8)3-11-9-4-10-6-12-9/h1-2,4,6,11,13H,3,5H2,(H,10,12). The highest BCUT2D eigenvalue weighted by atomic mass is 16.4. The van der Waals surface area contributed by atoms with Crippen LogP contribution >= 0.6 is 0 Å². The zero-order valence-corrected chi connectivity index (χ0v) is 7.53. The van der Waals surface area contributed by atoms with E-state index >= 15 is 0 Å². The predicted molar refractivity (Wildman–Crippen MR) is 50.5 cm³/mol. The molecule has 0 aromatic carbocycles. The maximum absolute atomic E-state index is 8.77. The fourth-order valence-corrected chi connectivity index (χ4v) is 1.14. The first-order valence-electron chi connectivity index (χ1n) is 4.29. The first-order chi connectivity index (χ1) is 6.88. The first-order valence-corrected chi connectivity index (χ1v) is 4.29. The van der Waals surface area contributed by atoms with E-state index in [0.29, 0.717) is 12.3 Å². The molecule has 0 atom stereocenters. The fraction of sp³-hybridized carbons (Fsp3) is 0.222. The first kappa shape index (κ1) is 8.83. The van der Waals surface area contributed by atoms with Crippen LogP contribution in [-0.2, 0) is 13.2 Å². The number of anilines is 1. The molecule has 3 N–H and O–H groups in total. The van der Waals surface area contributed by atoms with Crippen molar-refractivity contribution in [2.45, 2.75) is 13.2 Å². The molecule has 74 valence electrons. The molecule has 2 rings (SSSR count). The maximum Gasteiger partial charge on any atom is 0.129 e.